The van der Waals surface area contributed by atoms with Crippen LogP contribution in [0.4, 0.5) is 0 Å². The van der Waals surface area contributed by atoms with Gasteiger partial charge >= 0.3 is 226 Å². The summed E-state index contributed by atoms with van der Waals surface area (Å²) in [4.78, 5) is 0. The van der Waals surface area contributed by atoms with E-state index in [4.69, 9.17) is 23.2 Å². The van der Waals surface area contributed by atoms with Gasteiger partial charge < -0.3 is 12.4 Å². The van der Waals surface area contributed by atoms with Crippen LogP contribution in [0.15, 0.2) is 24.3 Å². The summed E-state index contributed by atoms with van der Waals surface area (Å²) in [6.07, 6.45) is 8.62. The number of phenolic OH excluding ortho intramolecular Hbond substituents is 2. The minimum atomic E-state index is -0.220. The first-order valence-corrected chi connectivity index (χ1v) is 13.9. The molecule has 0 bridgehead atoms. The number of hydrogen-bond donors (Lipinski definition) is 2. The van der Waals surface area contributed by atoms with Crippen LogP contribution in [0.5, 0.6) is 11.5 Å². The van der Waals surface area contributed by atoms with Crippen LogP contribution in [0.2, 0.25) is 10.0 Å². The molecule has 0 amide bonds. The van der Waals surface area contributed by atoms with E-state index in [0.29, 0.717) is 22.1 Å². The van der Waals surface area contributed by atoms with E-state index in [1.54, 1.807) is 0 Å². The van der Waals surface area contributed by atoms with Crippen LogP contribution in [0.25, 0.3) is 0 Å². The maximum absolute atomic E-state index is 11.1. The van der Waals surface area contributed by atoms with Gasteiger partial charge in [-0.1, -0.05) is 0 Å². The second-order valence-electron chi connectivity index (χ2n) is 11.7. The van der Waals surface area contributed by atoms with E-state index in [1.165, 1.54) is 12.8 Å². The van der Waals surface area contributed by atoms with Gasteiger partial charge in [-0.3, -0.25) is 0 Å². The summed E-state index contributed by atoms with van der Waals surface area (Å²) in [7, 11) is 0. The second kappa shape index (κ2) is 10.9. The predicted molar refractivity (Wildman–Crippen MR) is 141 cm³/mol. The van der Waals surface area contributed by atoms with Gasteiger partial charge in [0.15, 0.2) is 0 Å². The largest absolute Gasteiger partial charge is 1.00 e. The van der Waals surface area contributed by atoms with Crippen LogP contribution in [0.3, 0.4) is 0 Å². The van der Waals surface area contributed by atoms with E-state index < -0.39 is 0 Å². The minimum absolute atomic E-state index is 0. The molecule has 36 heavy (non-hydrogen) atoms. The first-order chi connectivity index (χ1) is 16.3. The number of phenols is 2. The van der Waals surface area contributed by atoms with E-state index in [2.05, 4.69) is 48.8 Å². The summed E-state index contributed by atoms with van der Waals surface area (Å²) in [5.74, 6) is 0.571. The van der Waals surface area contributed by atoms with Crippen molar-refractivity contribution in [1.29, 1.82) is 0 Å². The smallest absolute Gasteiger partial charge is 1.00 e. The van der Waals surface area contributed by atoms with Crippen molar-refractivity contribution in [3.63, 3.8) is 0 Å². The zero-order valence-corrected chi connectivity index (χ0v) is 25.0. The molecule has 0 spiro atoms. The summed E-state index contributed by atoms with van der Waals surface area (Å²) in [5, 5.41) is 23.4. The van der Waals surface area contributed by atoms with Gasteiger partial charge in [0.05, 0.1) is 0 Å². The number of fused-ring (bicyclic) bond motifs is 1. The molecular formula is C28H36Cl3CoN2O2+. The Labute approximate surface area is 237 Å². The molecule has 2 N–H and O–H groups in total. The number of hydrogen-bond acceptors (Lipinski definition) is 2. The van der Waals surface area contributed by atoms with Gasteiger partial charge in [0, 0.05) is 0 Å². The molecule has 2 atom stereocenters. The van der Waals surface area contributed by atoms with Gasteiger partial charge in [0.1, 0.15) is 0 Å². The second-order valence-corrected chi connectivity index (χ2v) is 13.8. The maximum atomic E-state index is 11.1. The number of rotatable bonds is 2. The molecular weight excluding hydrogens is 562 g/mol. The molecule has 199 valence electrons. The van der Waals surface area contributed by atoms with Gasteiger partial charge in [-0.2, -0.15) is 0 Å². The molecule has 1 saturated carbocycles. The third-order valence-corrected chi connectivity index (χ3v) is 8.67. The molecule has 2 aliphatic rings. The van der Waals surface area contributed by atoms with Crippen molar-refractivity contribution in [3.05, 3.63) is 56.6 Å². The van der Waals surface area contributed by atoms with E-state index in [1.807, 2.05) is 36.7 Å². The fourth-order valence-corrected chi connectivity index (χ4v) is 6.97. The fraction of sp³-hybridized carbons (Fsp3) is 0.500. The molecule has 0 unspecified atom stereocenters. The summed E-state index contributed by atoms with van der Waals surface area (Å²) < 4.78 is 4.59. The number of nitrogens with zero attached hydrogens (tertiary/aromatic N) is 2. The molecule has 0 aromatic heterocycles. The predicted octanol–water partition coefficient (Wildman–Crippen LogP) is 3.80. The van der Waals surface area contributed by atoms with Crippen molar-refractivity contribution in [2.45, 2.75) is 90.1 Å². The van der Waals surface area contributed by atoms with Gasteiger partial charge in [-0.15, -0.1) is 0 Å². The van der Waals surface area contributed by atoms with Crippen LogP contribution in [-0.2, 0) is 26.0 Å². The minimum Gasteiger partial charge on any atom is -1.00 e. The average Bonchev–Trinajstić information content (AvgIpc) is 3.08. The van der Waals surface area contributed by atoms with Crippen molar-refractivity contribution in [3.8, 4) is 11.5 Å². The zero-order chi connectivity index (χ0) is 25.7. The van der Waals surface area contributed by atoms with Crippen molar-refractivity contribution >= 4 is 35.6 Å². The molecule has 1 aliphatic carbocycles. The Hall–Kier alpha value is -1.24. The molecule has 2 fully saturated rings. The van der Waals surface area contributed by atoms with E-state index >= 15 is 0 Å². The van der Waals surface area contributed by atoms with Crippen LogP contribution in [0.1, 0.15) is 89.5 Å². The first kappa shape index (κ1) is 29.3. The molecule has 1 heterocycles. The van der Waals surface area contributed by atoms with Gasteiger partial charge in [-0.25, -0.2) is 0 Å². The molecule has 2 aromatic rings. The SMILES string of the molecule is CC(C)(C)c1cc(Cl)cc(C=[N+]2[Co][N+](=Cc3cc(Cl)cc(C(C)(C)C)c3O)[C@@H]3CCCC[C@H]32)c1O.[Cl-]. The molecule has 8 heteroatoms. The van der Waals surface area contributed by atoms with Gasteiger partial charge in [0.2, 0.25) is 0 Å². The average molecular weight is 598 g/mol. The number of benzene rings is 2. The monoisotopic (exact) mass is 596 g/mol. The molecule has 0 radical (unpaired) electrons. The van der Waals surface area contributed by atoms with Crippen LogP contribution in [0, 0.1) is 0 Å². The van der Waals surface area contributed by atoms with Crippen molar-refractivity contribution in [2.24, 2.45) is 0 Å². The van der Waals surface area contributed by atoms with Crippen LogP contribution < -0.4 is 12.4 Å². The van der Waals surface area contributed by atoms with Crippen LogP contribution in [-0.4, -0.2) is 42.0 Å². The standard InChI is InChI=1S/C28H36Cl2N2O2.ClH.Co/c1-27(2,3)21-13-19(29)11-17(25(21)33)15-31-23-9-7-8-10-24(23)32-16-18-12-20(30)14-22(26(18)34)28(4,5)6;;/h11-16,23-24,33-34H,7-10H2,1-6H3;1H;/q;;+2/p-1/t23-,24-;;/m1../s1. The Morgan fingerprint density at radius 2 is 1.11 bits per heavy atom. The Morgan fingerprint density at radius 1 is 0.750 bits per heavy atom. The topological polar surface area (TPSA) is 46.5 Å². The van der Waals surface area contributed by atoms with Crippen molar-refractivity contribution in [2.75, 3.05) is 0 Å². The number of aromatic hydroxyl groups is 2. The zero-order valence-electron chi connectivity index (χ0n) is 21.7. The van der Waals surface area contributed by atoms with E-state index in [-0.39, 0.29) is 34.7 Å². The Kier molecular flexibility index (Phi) is 8.84. The van der Waals surface area contributed by atoms with E-state index in [9.17, 15) is 10.2 Å². The Bertz CT molecular complexity index is 1120. The fourth-order valence-electron chi connectivity index (χ4n) is 4.89. The molecule has 4 nitrogen and oxygen atoms in total. The molecule has 2 aromatic carbocycles. The van der Waals surface area contributed by atoms with Crippen molar-refractivity contribution in [1.82, 2.24) is 0 Å². The Balaban J connectivity index is 0.00000361. The van der Waals surface area contributed by atoms with Crippen molar-refractivity contribution < 1.29 is 45.0 Å². The summed E-state index contributed by atoms with van der Waals surface area (Å²) in [6.45, 7) is 12.5. The van der Waals surface area contributed by atoms with E-state index in [0.717, 1.165) is 50.2 Å². The Morgan fingerprint density at radius 3 is 1.44 bits per heavy atom. The third kappa shape index (κ3) is 6.07. The number of halogens is 3. The summed E-state index contributed by atoms with van der Waals surface area (Å²) >= 11 is 13.9. The summed E-state index contributed by atoms with van der Waals surface area (Å²) in [6, 6.07) is 8.02. The maximum Gasteiger partial charge on any atom is -1.00 e. The molecule has 1 aliphatic heterocycles. The third-order valence-electron chi connectivity index (χ3n) is 6.79. The quantitative estimate of drug-likeness (QED) is 0.554. The molecule has 1 saturated heterocycles. The molecule has 4 rings (SSSR count). The van der Waals surface area contributed by atoms with Gasteiger partial charge in [-0.05, 0) is 0 Å². The van der Waals surface area contributed by atoms with Gasteiger partial charge in [0.25, 0.3) is 0 Å². The first-order valence-electron chi connectivity index (χ1n) is 12.2. The normalized spacial score (nSPS) is 22.8. The van der Waals surface area contributed by atoms with Crippen LogP contribution >= 0.6 is 23.2 Å². The summed E-state index contributed by atoms with van der Waals surface area (Å²) in [5.41, 5.74) is 2.72.